The molecule has 0 aromatic heterocycles. The summed E-state index contributed by atoms with van der Waals surface area (Å²) in [6.07, 6.45) is 2.42. The fourth-order valence-electron chi connectivity index (χ4n) is 3.49. The van der Waals surface area contributed by atoms with Gasteiger partial charge in [-0.1, -0.05) is 30.3 Å². The van der Waals surface area contributed by atoms with Crippen molar-refractivity contribution in [3.8, 4) is 0 Å². The van der Waals surface area contributed by atoms with Crippen molar-refractivity contribution in [1.29, 1.82) is 0 Å². The van der Waals surface area contributed by atoms with Gasteiger partial charge in [0.05, 0.1) is 6.10 Å². The standard InChI is InChI=1S/C18H24N2O4S/c1-12(2)20-18(22)16(19-14-8-10-15(21)11-9-14)17(25(20,23)24)13-6-4-3-5-7-13/h3-7,12,14-15,19,21H,8-11H2,1-2H3/t14-,15+. The maximum atomic E-state index is 13.0. The van der Waals surface area contributed by atoms with Crippen LogP contribution in [0.4, 0.5) is 0 Å². The number of benzene rings is 1. The van der Waals surface area contributed by atoms with Crippen molar-refractivity contribution in [2.45, 2.75) is 57.7 Å². The number of aliphatic hydroxyl groups excluding tert-OH is 1. The maximum absolute atomic E-state index is 13.0. The summed E-state index contributed by atoms with van der Waals surface area (Å²) in [6, 6.07) is 8.27. The number of rotatable bonds is 4. The maximum Gasteiger partial charge on any atom is 0.285 e. The average Bonchev–Trinajstić information content (AvgIpc) is 2.76. The zero-order valence-corrected chi connectivity index (χ0v) is 15.3. The summed E-state index contributed by atoms with van der Waals surface area (Å²) in [5.74, 6) is -0.500. The second kappa shape index (κ2) is 6.80. The van der Waals surface area contributed by atoms with E-state index >= 15 is 0 Å². The minimum atomic E-state index is -3.89. The van der Waals surface area contributed by atoms with Crippen molar-refractivity contribution < 1.29 is 18.3 Å². The second-order valence-electron chi connectivity index (χ2n) is 6.92. The molecule has 1 saturated carbocycles. The van der Waals surface area contributed by atoms with Gasteiger partial charge in [-0.2, -0.15) is 0 Å². The zero-order chi connectivity index (χ0) is 18.2. The van der Waals surface area contributed by atoms with Gasteiger partial charge >= 0.3 is 0 Å². The average molecular weight is 364 g/mol. The molecule has 1 heterocycles. The van der Waals surface area contributed by atoms with E-state index in [-0.39, 0.29) is 22.7 Å². The van der Waals surface area contributed by atoms with Gasteiger partial charge in [-0.15, -0.1) is 0 Å². The highest BCUT2D eigenvalue weighted by atomic mass is 32.2. The highest BCUT2D eigenvalue weighted by Gasteiger charge is 2.46. The number of amides is 1. The van der Waals surface area contributed by atoms with Gasteiger partial charge in [-0.3, -0.25) is 4.79 Å². The molecule has 7 heteroatoms. The summed E-state index contributed by atoms with van der Waals surface area (Å²) in [7, 11) is -3.89. The van der Waals surface area contributed by atoms with E-state index in [1.165, 1.54) is 0 Å². The predicted molar refractivity (Wildman–Crippen MR) is 95.7 cm³/mol. The Morgan fingerprint density at radius 2 is 1.72 bits per heavy atom. The Bertz CT molecular complexity index is 779. The Hall–Kier alpha value is -1.86. The molecule has 1 aliphatic carbocycles. The minimum Gasteiger partial charge on any atom is -0.393 e. The third kappa shape index (κ3) is 3.30. The number of hydrogen-bond donors (Lipinski definition) is 2. The minimum absolute atomic E-state index is 0.0108. The van der Waals surface area contributed by atoms with Gasteiger partial charge in [-0.25, -0.2) is 12.7 Å². The molecule has 1 aromatic carbocycles. The van der Waals surface area contributed by atoms with Crippen molar-refractivity contribution in [2.24, 2.45) is 0 Å². The van der Waals surface area contributed by atoms with Crippen LogP contribution in [0.5, 0.6) is 0 Å². The van der Waals surface area contributed by atoms with Crippen molar-refractivity contribution in [3.63, 3.8) is 0 Å². The molecule has 25 heavy (non-hydrogen) atoms. The molecule has 2 aliphatic rings. The van der Waals surface area contributed by atoms with E-state index in [1.807, 2.05) is 6.07 Å². The first-order valence-electron chi connectivity index (χ1n) is 8.65. The third-order valence-corrected chi connectivity index (χ3v) is 6.77. The predicted octanol–water partition coefficient (Wildman–Crippen LogP) is 1.83. The summed E-state index contributed by atoms with van der Waals surface area (Å²) < 4.78 is 27.0. The normalized spacial score (nSPS) is 26.4. The molecule has 6 nitrogen and oxygen atoms in total. The van der Waals surface area contributed by atoms with Gasteiger partial charge in [0.2, 0.25) is 0 Å². The highest BCUT2D eigenvalue weighted by Crippen LogP contribution is 2.36. The van der Waals surface area contributed by atoms with Crippen LogP contribution in [0.15, 0.2) is 36.0 Å². The SMILES string of the molecule is CC(C)N1C(=O)C(N[C@H]2CC[C@@H](O)CC2)=C(c2ccccc2)S1(=O)=O. The topological polar surface area (TPSA) is 86.7 Å². The molecule has 1 aromatic rings. The molecule has 0 radical (unpaired) electrons. The molecule has 1 amide bonds. The number of nitrogens with one attached hydrogen (secondary N) is 1. The van der Waals surface area contributed by atoms with Gasteiger partial charge in [0.1, 0.15) is 10.6 Å². The molecular weight excluding hydrogens is 340 g/mol. The first kappa shape index (κ1) is 17.9. The number of carbonyl (C=O) groups is 1. The Kier molecular flexibility index (Phi) is 4.88. The van der Waals surface area contributed by atoms with Gasteiger partial charge in [-0.05, 0) is 45.1 Å². The van der Waals surface area contributed by atoms with Crippen molar-refractivity contribution in [2.75, 3.05) is 0 Å². The molecule has 136 valence electrons. The molecule has 0 unspecified atom stereocenters. The lowest BCUT2D eigenvalue weighted by molar-refractivity contribution is -0.123. The van der Waals surface area contributed by atoms with Crippen LogP contribution in [0.25, 0.3) is 4.91 Å². The van der Waals surface area contributed by atoms with E-state index in [0.29, 0.717) is 31.2 Å². The van der Waals surface area contributed by atoms with Crippen LogP contribution >= 0.6 is 0 Å². The van der Waals surface area contributed by atoms with Crippen LogP contribution in [-0.4, -0.2) is 41.9 Å². The molecule has 0 atom stereocenters. The highest BCUT2D eigenvalue weighted by molar-refractivity contribution is 7.99. The van der Waals surface area contributed by atoms with Crippen LogP contribution in [0.3, 0.4) is 0 Å². The van der Waals surface area contributed by atoms with Crippen LogP contribution in [0.2, 0.25) is 0 Å². The number of aliphatic hydroxyl groups is 1. The summed E-state index contributed by atoms with van der Waals surface area (Å²) in [4.78, 5) is 12.9. The molecule has 0 bridgehead atoms. The first-order chi connectivity index (χ1) is 11.8. The summed E-state index contributed by atoms with van der Waals surface area (Å²) in [5, 5.41) is 12.8. The Labute approximate surface area is 148 Å². The fraction of sp³-hybridized carbons (Fsp3) is 0.500. The molecule has 2 N–H and O–H groups in total. The van der Waals surface area contributed by atoms with Crippen LogP contribution in [0, 0.1) is 0 Å². The van der Waals surface area contributed by atoms with Crippen LogP contribution in [0.1, 0.15) is 45.1 Å². The molecule has 1 aliphatic heterocycles. The Morgan fingerprint density at radius 3 is 2.28 bits per heavy atom. The van der Waals surface area contributed by atoms with Crippen LogP contribution < -0.4 is 5.32 Å². The van der Waals surface area contributed by atoms with E-state index in [9.17, 15) is 18.3 Å². The molecular formula is C18H24N2O4S. The van der Waals surface area contributed by atoms with Gasteiger partial charge in [0.25, 0.3) is 15.9 Å². The number of hydrogen-bond acceptors (Lipinski definition) is 5. The van der Waals surface area contributed by atoms with E-state index in [2.05, 4.69) is 5.32 Å². The third-order valence-electron chi connectivity index (χ3n) is 4.71. The summed E-state index contributed by atoms with van der Waals surface area (Å²) in [6.45, 7) is 3.38. The van der Waals surface area contributed by atoms with Gasteiger partial charge < -0.3 is 10.4 Å². The van der Waals surface area contributed by atoms with Gasteiger partial charge in [0.15, 0.2) is 0 Å². The lowest BCUT2D eigenvalue weighted by Crippen LogP contribution is -2.41. The lowest BCUT2D eigenvalue weighted by atomic mass is 9.93. The van der Waals surface area contributed by atoms with E-state index in [0.717, 1.165) is 4.31 Å². The van der Waals surface area contributed by atoms with E-state index in [4.69, 9.17) is 0 Å². The number of nitrogens with zero attached hydrogens (tertiary/aromatic N) is 1. The monoisotopic (exact) mass is 364 g/mol. The van der Waals surface area contributed by atoms with Crippen molar-refractivity contribution in [3.05, 3.63) is 41.6 Å². The lowest BCUT2D eigenvalue weighted by Gasteiger charge is -2.27. The first-order valence-corrected chi connectivity index (χ1v) is 10.1. The fourth-order valence-corrected chi connectivity index (χ4v) is 5.39. The zero-order valence-electron chi connectivity index (χ0n) is 14.5. The smallest absolute Gasteiger partial charge is 0.285 e. The Morgan fingerprint density at radius 1 is 1.12 bits per heavy atom. The summed E-state index contributed by atoms with van der Waals surface area (Å²) >= 11 is 0. The van der Waals surface area contributed by atoms with E-state index in [1.54, 1.807) is 38.1 Å². The Balaban J connectivity index is 2.03. The summed E-state index contributed by atoms with van der Waals surface area (Å²) in [5.41, 5.74) is 0.665. The second-order valence-corrected chi connectivity index (χ2v) is 8.67. The van der Waals surface area contributed by atoms with Gasteiger partial charge in [0, 0.05) is 12.1 Å². The van der Waals surface area contributed by atoms with Crippen molar-refractivity contribution >= 4 is 20.8 Å². The quantitative estimate of drug-likeness (QED) is 0.851. The number of sulfonamides is 1. The van der Waals surface area contributed by atoms with Crippen molar-refractivity contribution in [1.82, 2.24) is 9.62 Å². The molecule has 3 rings (SSSR count). The van der Waals surface area contributed by atoms with E-state index < -0.39 is 22.0 Å². The largest absolute Gasteiger partial charge is 0.393 e. The number of carbonyl (C=O) groups excluding carboxylic acids is 1. The van der Waals surface area contributed by atoms with Crippen LogP contribution in [-0.2, 0) is 14.8 Å². The molecule has 0 spiro atoms. The molecule has 1 fully saturated rings. The molecule has 0 saturated heterocycles.